The molecule has 0 aliphatic carbocycles. The van der Waals surface area contributed by atoms with Gasteiger partial charge in [0.2, 0.25) is 5.91 Å². The summed E-state index contributed by atoms with van der Waals surface area (Å²) in [6, 6.07) is 5.68. The summed E-state index contributed by atoms with van der Waals surface area (Å²) in [5.41, 5.74) is 2.14. The normalized spacial score (nSPS) is 12.2. The van der Waals surface area contributed by atoms with Crippen LogP contribution in [0.5, 0.6) is 0 Å². The lowest BCUT2D eigenvalue weighted by Crippen LogP contribution is -2.40. The Labute approximate surface area is 101 Å². The molecule has 1 atom stereocenters. The molecular weight excluding hydrogens is 224 g/mol. The van der Waals surface area contributed by atoms with Gasteiger partial charge in [0, 0.05) is 18.6 Å². The van der Waals surface area contributed by atoms with Gasteiger partial charge in [0.15, 0.2) is 0 Å². The fourth-order valence-corrected chi connectivity index (χ4v) is 1.67. The Hall–Kier alpha value is -1.06. The van der Waals surface area contributed by atoms with Gasteiger partial charge in [-0.15, -0.1) is 0 Å². The predicted octanol–water partition coefficient (Wildman–Crippen LogP) is 1.87. The van der Waals surface area contributed by atoms with E-state index in [2.05, 4.69) is 10.6 Å². The second-order valence-corrected chi connectivity index (χ2v) is 4.22. The van der Waals surface area contributed by atoms with Crippen LogP contribution in [-0.2, 0) is 11.3 Å². The summed E-state index contributed by atoms with van der Waals surface area (Å²) in [5, 5.41) is 6.44. The maximum atomic E-state index is 11.3. The van der Waals surface area contributed by atoms with Crippen molar-refractivity contribution in [1.82, 2.24) is 10.6 Å². The Morgan fingerprint density at radius 3 is 2.75 bits per heavy atom. The van der Waals surface area contributed by atoms with Crippen molar-refractivity contribution >= 4 is 17.5 Å². The van der Waals surface area contributed by atoms with Crippen LogP contribution in [0.4, 0.5) is 0 Å². The van der Waals surface area contributed by atoms with E-state index in [0.717, 1.165) is 16.1 Å². The second kappa shape index (κ2) is 5.87. The van der Waals surface area contributed by atoms with Crippen molar-refractivity contribution in [3.05, 3.63) is 34.3 Å². The smallest absolute Gasteiger partial charge is 0.236 e. The minimum Gasteiger partial charge on any atom is -0.358 e. The summed E-state index contributed by atoms with van der Waals surface area (Å²) in [7, 11) is 1.62. The molecule has 0 saturated heterocycles. The highest BCUT2D eigenvalue weighted by Gasteiger charge is 2.10. The molecule has 0 spiro atoms. The molecule has 0 aliphatic heterocycles. The number of likely N-dealkylation sites (N-methyl/N-ethyl adjacent to an activating group) is 1. The van der Waals surface area contributed by atoms with E-state index in [0.29, 0.717) is 6.54 Å². The molecular formula is C12H17ClN2O. The number of hydrogen-bond donors (Lipinski definition) is 2. The fraction of sp³-hybridized carbons (Fsp3) is 0.417. The van der Waals surface area contributed by atoms with Crippen LogP contribution in [0.25, 0.3) is 0 Å². The molecule has 1 unspecified atom stereocenters. The second-order valence-electron chi connectivity index (χ2n) is 3.81. The van der Waals surface area contributed by atoms with Gasteiger partial charge >= 0.3 is 0 Å². The number of hydrogen-bond acceptors (Lipinski definition) is 2. The van der Waals surface area contributed by atoms with Gasteiger partial charge in [0.1, 0.15) is 0 Å². The van der Waals surface area contributed by atoms with Gasteiger partial charge in [-0.3, -0.25) is 4.79 Å². The zero-order valence-corrected chi connectivity index (χ0v) is 10.6. The standard InChI is InChI=1S/C12H17ClN2O/c1-8-4-5-10(11(13)6-8)7-15-9(2)12(16)14-3/h4-6,9,15H,7H2,1-3H3,(H,14,16). The highest BCUT2D eigenvalue weighted by molar-refractivity contribution is 6.31. The van der Waals surface area contributed by atoms with E-state index in [1.165, 1.54) is 0 Å². The average Bonchev–Trinajstić information content (AvgIpc) is 2.26. The van der Waals surface area contributed by atoms with Gasteiger partial charge in [0.05, 0.1) is 6.04 Å². The van der Waals surface area contributed by atoms with Crippen LogP contribution in [0.1, 0.15) is 18.1 Å². The predicted molar refractivity (Wildman–Crippen MR) is 66.6 cm³/mol. The largest absolute Gasteiger partial charge is 0.358 e. The van der Waals surface area contributed by atoms with E-state index in [1.807, 2.05) is 32.0 Å². The number of halogens is 1. The van der Waals surface area contributed by atoms with E-state index in [9.17, 15) is 4.79 Å². The van der Waals surface area contributed by atoms with Crippen molar-refractivity contribution in [3.8, 4) is 0 Å². The van der Waals surface area contributed by atoms with Gasteiger partial charge < -0.3 is 10.6 Å². The third-order valence-corrected chi connectivity index (χ3v) is 2.80. The molecule has 1 aromatic carbocycles. The molecule has 3 nitrogen and oxygen atoms in total. The molecule has 0 aromatic heterocycles. The van der Waals surface area contributed by atoms with Crippen LogP contribution in [0.2, 0.25) is 5.02 Å². The van der Waals surface area contributed by atoms with E-state index >= 15 is 0 Å². The van der Waals surface area contributed by atoms with Crippen molar-refractivity contribution in [2.45, 2.75) is 26.4 Å². The molecule has 4 heteroatoms. The number of amides is 1. The quantitative estimate of drug-likeness (QED) is 0.844. The lowest BCUT2D eigenvalue weighted by atomic mass is 10.1. The van der Waals surface area contributed by atoms with Gasteiger partial charge in [0.25, 0.3) is 0 Å². The highest BCUT2D eigenvalue weighted by Crippen LogP contribution is 2.17. The number of nitrogens with one attached hydrogen (secondary N) is 2. The average molecular weight is 241 g/mol. The third kappa shape index (κ3) is 3.51. The maximum absolute atomic E-state index is 11.3. The molecule has 0 aliphatic rings. The fourth-order valence-electron chi connectivity index (χ4n) is 1.37. The van der Waals surface area contributed by atoms with E-state index in [-0.39, 0.29) is 11.9 Å². The van der Waals surface area contributed by atoms with Gasteiger partial charge in [-0.05, 0) is 31.0 Å². The Kier molecular flexibility index (Phi) is 4.77. The zero-order chi connectivity index (χ0) is 12.1. The van der Waals surface area contributed by atoms with Crippen LogP contribution < -0.4 is 10.6 Å². The Morgan fingerprint density at radius 1 is 1.50 bits per heavy atom. The Bertz CT molecular complexity index is 379. The van der Waals surface area contributed by atoms with Gasteiger partial charge in [-0.1, -0.05) is 23.7 Å². The minimum atomic E-state index is -0.220. The summed E-state index contributed by atoms with van der Waals surface area (Å²) >= 11 is 6.09. The van der Waals surface area contributed by atoms with Crippen molar-refractivity contribution in [2.75, 3.05) is 7.05 Å². The van der Waals surface area contributed by atoms with Crippen molar-refractivity contribution in [3.63, 3.8) is 0 Å². The monoisotopic (exact) mass is 240 g/mol. The minimum absolute atomic E-state index is 0.0248. The zero-order valence-electron chi connectivity index (χ0n) is 9.80. The molecule has 0 fully saturated rings. The first-order valence-corrected chi connectivity index (χ1v) is 5.62. The van der Waals surface area contributed by atoms with Crippen LogP contribution in [0.15, 0.2) is 18.2 Å². The molecule has 1 amide bonds. The number of carbonyl (C=O) groups is 1. The lowest BCUT2D eigenvalue weighted by molar-refractivity contribution is -0.122. The first-order valence-electron chi connectivity index (χ1n) is 5.24. The van der Waals surface area contributed by atoms with Gasteiger partial charge in [-0.2, -0.15) is 0 Å². The molecule has 0 saturated carbocycles. The van der Waals surface area contributed by atoms with Crippen molar-refractivity contribution < 1.29 is 4.79 Å². The molecule has 0 heterocycles. The molecule has 0 bridgehead atoms. The topological polar surface area (TPSA) is 41.1 Å². The van der Waals surface area contributed by atoms with Crippen molar-refractivity contribution in [1.29, 1.82) is 0 Å². The van der Waals surface area contributed by atoms with E-state index < -0.39 is 0 Å². The third-order valence-electron chi connectivity index (χ3n) is 2.45. The Balaban J connectivity index is 2.58. The van der Waals surface area contributed by atoms with Crippen LogP contribution >= 0.6 is 11.6 Å². The number of carbonyl (C=O) groups excluding carboxylic acids is 1. The number of benzene rings is 1. The lowest BCUT2D eigenvalue weighted by Gasteiger charge is -2.13. The van der Waals surface area contributed by atoms with E-state index in [4.69, 9.17) is 11.6 Å². The summed E-state index contributed by atoms with van der Waals surface area (Å²) < 4.78 is 0. The van der Waals surface area contributed by atoms with Crippen LogP contribution in [-0.4, -0.2) is 19.0 Å². The molecule has 0 radical (unpaired) electrons. The molecule has 2 N–H and O–H groups in total. The number of rotatable bonds is 4. The first kappa shape index (κ1) is 13.0. The van der Waals surface area contributed by atoms with E-state index in [1.54, 1.807) is 7.05 Å². The highest BCUT2D eigenvalue weighted by atomic mass is 35.5. The van der Waals surface area contributed by atoms with Crippen LogP contribution in [0.3, 0.4) is 0 Å². The summed E-state index contributed by atoms with van der Waals surface area (Å²) in [5.74, 6) is -0.0248. The van der Waals surface area contributed by atoms with Crippen LogP contribution in [0, 0.1) is 6.92 Å². The summed E-state index contributed by atoms with van der Waals surface area (Å²) in [6.45, 7) is 4.41. The summed E-state index contributed by atoms with van der Waals surface area (Å²) in [4.78, 5) is 11.3. The van der Waals surface area contributed by atoms with Gasteiger partial charge in [-0.25, -0.2) is 0 Å². The van der Waals surface area contributed by atoms with Crippen molar-refractivity contribution in [2.24, 2.45) is 0 Å². The number of aryl methyl sites for hydroxylation is 1. The summed E-state index contributed by atoms with van der Waals surface area (Å²) in [6.07, 6.45) is 0. The first-order chi connectivity index (χ1) is 7.54. The maximum Gasteiger partial charge on any atom is 0.236 e. The molecule has 88 valence electrons. The molecule has 1 aromatic rings. The molecule has 1 rings (SSSR count). The molecule has 16 heavy (non-hydrogen) atoms. The SMILES string of the molecule is CNC(=O)C(C)NCc1ccc(C)cc1Cl. The Morgan fingerprint density at radius 2 is 2.19 bits per heavy atom.